The van der Waals surface area contributed by atoms with Crippen LogP contribution in [0.4, 0.5) is 0 Å². The molecule has 17 heavy (non-hydrogen) atoms. The van der Waals surface area contributed by atoms with Crippen LogP contribution in [-0.4, -0.2) is 75.1 Å². The van der Waals surface area contributed by atoms with Gasteiger partial charge in [-0.25, -0.2) is 0 Å². The largest absolute Gasteiger partial charge is 0.384 e. The molecule has 0 aromatic rings. The lowest BCUT2D eigenvalue weighted by atomic mass is 10.1. The number of carbonyl (C=O) groups is 2. The van der Waals surface area contributed by atoms with Gasteiger partial charge in [0.1, 0.15) is 6.04 Å². The Bertz CT molecular complexity index is 281. The topological polar surface area (TPSA) is 61.9 Å². The zero-order chi connectivity index (χ0) is 12.8. The second kappa shape index (κ2) is 6.56. The minimum atomic E-state index is -0.386. The van der Waals surface area contributed by atoms with E-state index in [4.69, 9.17) is 4.74 Å². The second-order valence-corrected chi connectivity index (χ2v) is 4.28. The number of amides is 2. The third kappa shape index (κ3) is 3.67. The molecule has 1 aliphatic heterocycles. The maximum atomic E-state index is 11.9. The molecule has 2 amide bonds. The molecule has 0 aromatic heterocycles. The highest BCUT2D eigenvalue weighted by atomic mass is 16.5. The van der Waals surface area contributed by atoms with Crippen LogP contribution in [0.5, 0.6) is 0 Å². The zero-order valence-corrected chi connectivity index (χ0v) is 10.7. The van der Waals surface area contributed by atoms with Crippen LogP contribution >= 0.6 is 0 Å². The van der Waals surface area contributed by atoms with E-state index in [1.165, 1.54) is 4.90 Å². The number of rotatable bonds is 4. The molecule has 0 bridgehead atoms. The van der Waals surface area contributed by atoms with Gasteiger partial charge in [0.05, 0.1) is 13.0 Å². The number of ether oxygens (including phenoxy) is 1. The number of hydrogen-bond acceptors (Lipinski definition) is 4. The van der Waals surface area contributed by atoms with Crippen molar-refractivity contribution < 1.29 is 14.3 Å². The van der Waals surface area contributed by atoms with Crippen molar-refractivity contribution in [2.24, 2.45) is 0 Å². The molecule has 1 unspecified atom stereocenters. The Labute approximate surface area is 102 Å². The van der Waals surface area contributed by atoms with Crippen molar-refractivity contribution >= 4 is 11.8 Å². The van der Waals surface area contributed by atoms with Crippen molar-refractivity contribution in [2.45, 2.75) is 12.5 Å². The Hall–Kier alpha value is -1.14. The molecule has 1 rings (SSSR count). The average molecular weight is 243 g/mol. The van der Waals surface area contributed by atoms with Crippen LogP contribution in [0.25, 0.3) is 0 Å². The second-order valence-electron chi connectivity index (χ2n) is 4.28. The lowest BCUT2D eigenvalue weighted by molar-refractivity contribution is -0.145. The van der Waals surface area contributed by atoms with E-state index in [9.17, 15) is 9.59 Å². The number of carbonyl (C=O) groups excluding carboxylic acids is 2. The molecule has 0 radical (unpaired) electrons. The van der Waals surface area contributed by atoms with Crippen LogP contribution in [0.15, 0.2) is 0 Å². The van der Waals surface area contributed by atoms with Gasteiger partial charge in [-0.2, -0.15) is 0 Å². The lowest BCUT2D eigenvalue weighted by Gasteiger charge is -2.36. The van der Waals surface area contributed by atoms with Gasteiger partial charge in [-0.05, 0) is 0 Å². The number of nitrogens with zero attached hydrogens (tertiary/aromatic N) is 2. The summed E-state index contributed by atoms with van der Waals surface area (Å²) in [5.74, 6) is -0.0588. The fraction of sp³-hybridized carbons (Fsp3) is 0.818. The van der Waals surface area contributed by atoms with Gasteiger partial charge in [0.15, 0.2) is 0 Å². The molecular weight excluding hydrogens is 222 g/mol. The molecule has 6 nitrogen and oxygen atoms in total. The van der Waals surface area contributed by atoms with Gasteiger partial charge < -0.3 is 19.9 Å². The molecule has 1 aliphatic rings. The molecule has 1 saturated heterocycles. The van der Waals surface area contributed by atoms with E-state index in [1.54, 1.807) is 26.1 Å². The summed E-state index contributed by atoms with van der Waals surface area (Å²) in [6.07, 6.45) is 0.327. The molecule has 6 heteroatoms. The average Bonchev–Trinajstić information content (AvgIpc) is 2.34. The molecule has 0 saturated carbocycles. The SMILES string of the molecule is COCCC(=O)N1CCNCC1C(=O)N(C)C. The van der Waals surface area contributed by atoms with E-state index in [0.29, 0.717) is 26.1 Å². The van der Waals surface area contributed by atoms with Gasteiger partial charge in [-0.15, -0.1) is 0 Å². The normalized spacial score (nSPS) is 20.2. The first kappa shape index (κ1) is 13.9. The Balaban J connectivity index is 2.65. The van der Waals surface area contributed by atoms with Gasteiger partial charge >= 0.3 is 0 Å². The third-order valence-corrected chi connectivity index (χ3v) is 2.81. The number of methoxy groups -OCH3 is 1. The molecule has 1 heterocycles. The molecule has 0 spiro atoms. The molecular formula is C11H21N3O3. The van der Waals surface area contributed by atoms with E-state index >= 15 is 0 Å². The summed E-state index contributed by atoms with van der Waals surface area (Å²) in [4.78, 5) is 27.1. The summed E-state index contributed by atoms with van der Waals surface area (Å²) in [7, 11) is 4.97. The maximum absolute atomic E-state index is 11.9. The summed E-state index contributed by atoms with van der Waals surface area (Å²) in [6, 6.07) is -0.386. The van der Waals surface area contributed by atoms with E-state index < -0.39 is 0 Å². The molecule has 1 N–H and O–H groups in total. The van der Waals surface area contributed by atoms with Gasteiger partial charge in [0.2, 0.25) is 11.8 Å². The first-order chi connectivity index (χ1) is 8.07. The molecule has 0 aliphatic carbocycles. The molecule has 1 fully saturated rings. The summed E-state index contributed by atoms with van der Waals surface area (Å²) in [5.41, 5.74) is 0. The van der Waals surface area contributed by atoms with Crippen molar-refractivity contribution in [3.8, 4) is 0 Å². The van der Waals surface area contributed by atoms with Crippen molar-refractivity contribution in [3.63, 3.8) is 0 Å². The smallest absolute Gasteiger partial charge is 0.246 e. The fourth-order valence-corrected chi connectivity index (χ4v) is 1.85. The van der Waals surface area contributed by atoms with Crippen LogP contribution in [0, 0.1) is 0 Å². The Morgan fingerprint density at radius 2 is 2.18 bits per heavy atom. The first-order valence-electron chi connectivity index (χ1n) is 5.78. The summed E-state index contributed by atoms with van der Waals surface area (Å²) in [5, 5.41) is 3.14. The standard InChI is InChI=1S/C11H21N3O3/c1-13(2)11(16)9-8-12-5-6-14(9)10(15)4-7-17-3/h9,12H,4-8H2,1-3H3. The van der Waals surface area contributed by atoms with Crippen LogP contribution < -0.4 is 5.32 Å². The van der Waals surface area contributed by atoms with E-state index in [0.717, 1.165) is 6.54 Å². The minimum absolute atomic E-state index is 0.0199. The highest BCUT2D eigenvalue weighted by molar-refractivity contribution is 5.88. The van der Waals surface area contributed by atoms with Crippen molar-refractivity contribution in [2.75, 3.05) is 47.4 Å². The van der Waals surface area contributed by atoms with E-state index in [-0.39, 0.29) is 17.9 Å². The van der Waals surface area contributed by atoms with Crippen molar-refractivity contribution in [1.29, 1.82) is 0 Å². The molecule has 1 atom stereocenters. The zero-order valence-electron chi connectivity index (χ0n) is 10.7. The number of nitrogens with one attached hydrogen (secondary N) is 1. The van der Waals surface area contributed by atoms with Gasteiger partial charge in [-0.3, -0.25) is 9.59 Å². The number of hydrogen-bond donors (Lipinski definition) is 1. The Morgan fingerprint density at radius 3 is 2.76 bits per heavy atom. The van der Waals surface area contributed by atoms with Crippen molar-refractivity contribution in [3.05, 3.63) is 0 Å². The predicted molar refractivity (Wildman–Crippen MR) is 63.6 cm³/mol. The summed E-state index contributed by atoms with van der Waals surface area (Å²) < 4.78 is 4.89. The van der Waals surface area contributed by atoms with Crippen LogP contribution in [0.2, 0.25) is 0 Å². The first-order valence-corrected chi connectivity index (χ1v) is 5.78. The van der Waals surface area contributed by atoms with Crippen molar-refractivity contribution in [1.82, 2.24) is 15.1 Å². The Morgan fingerprint density at radius 1 is 1.47 bits per heavy atom. The summed E-state index contributed by atoms with van der Waals surface area (Å²) in [6.45, 7) is 2.23. The van der Waals surface area contributed by atoms with Gasteiger partial charge in [0, 0.05) is 40.8 Å². The monoisotopic (exact) mass is 243 g/mol. The predicted octanol–water partition coefficient (Wildman–Crippen LogP) is -1.09. The van der Waals surface area contributed by atoms with Crippen LogP contribution in [0.3, 0.4) is 0 Å². The quantitative estimate of drug-likeness (QED) is 0.681. The van der Waals surface area contributed by atoms with Crippen LogP contribution in [-0.2, 0) is 14.3 Å². The fourth-order valence-electron chi connectivity index (χ4n) is 1.85. The van der Waals surface area contributed by atoms with Gasteiger partial charge in [0.25, 0.3) is 0 Å². The number of piperazine rings is 1. The maximum Gasteiger partial charge on any atom is 0.246 e. The Kier molecular flexibility index (Phi) is 5.37. The van der Waals surface area contributed by atoms with E-state index in [2.05, 4.69) is 5.32 Å². The highest BCUT2D eigenvalue weighted by Crippen LogP contribution is 2.08. The van der Waals surface area contributed by atoms with E-state index in [1.807, 2.05) is 0 Å². The molecule has 98 valence electrons. The lowest BCUT2D eigenvalue weighted by Crippen LogP contribution is -2.59. The number of likely N-dealkylation sites (N-methyl/N-ethyl adjacent to an activating group) is 1. The molecule has 0 aromatic carbocycles. The summed E-state index contributed by atoms with van der Waals surface area (Å²) >= 11 is 0. The van der Waals surface area contributed by atoms with Crippen LogP contribution in [0.1, 0.15) is 6.42 Å². The highest BCUT2D eigenvalue weighted by Gasteiger charge is 2.32. The third-order valence-electron chi connectivity index (χ3n) is 2.81. The van der Waals surface area contributed by atoms with Gasteiger partial charge in [-0.1, -0.05) is 0 Å². The minimum Gasteiger partial charge on any atom is -0.384 e.